The number of aryl methyl sites for hydroxylation is 1. The van der Waals surface area contributed by atoms with Gasteiger partial charge in [0.2, 0.25) is 0 Å². The number of nitrogens with two attached hydrogens (primary N) is 1. The number of hydrogen-bond acceptors (Lipinski definition) is 3. The Kier molecular flexibility index (Phi) is 5.56. The number of hydrogen-bond donors (Lipinski definition) is 4. The fourth-order valence-corrected chi connectivity index (χ4v) is 1.63. The third-order valence-corrected chi connectivity index (χ3v) is 2.51. The second kappa shape index (κ2) is 7.17. The summed E-state index contributed by atoms with van der Waals surface area (Å²) in [4.78, 5) is 21.5. The van der Waals surface area contributed by atoms with Crippen molar-refractivity contribution >= 4 is 22.8 Å². The van der Waals surface area contributed by atoms with E-state index in [0.29, 0.717) is 0 Å². The highest BCUT2D eigenvalue weighted by atomic mass is 16.4. The summed E-state index contributed by atoms with van der Waals surface area (Å²) in [5, 5.41) is 16.1. The van der Waals surface area contributed by atoms with Gasteiger partial charge < -0.3 is 20.9 Å². The summed E-state index contributed by atoms with van der Waals surface area (Å²) in [6.07, 6.45) is 4.21. The Hall–Kier alpha value is -2.34. The number of aromatic nitrogens is 1. The van der Waals surface area contributed by atoms with Crippen LogP contribution in [0.2, 0.25) is 0 Å². The van der Waals surface area contributed by atoms with Crippen molar-refractivity contribution in [1.29, 1.82) is 0 Å². The van der Waals surface area contributed by atoms with Gasteiger partial charge in [-0.1, -0.05) is 18.2 Å². The maximum absolute atomic E-state index is 9.10. The molecule has 1 aromatic heterocycles. The van der Waals surface area contributed by atoms with Gasteiger partial charge in [0.1, 0.15) is 0 Å². The number of benzene rings is 1. The topological polar surface area (TPSA) is 116 Å². The molecule has 0 aliphatic heterocycles. The Labute approximate surface area is 109 Å². The smallest absolute Gasteiger partial charge is 0.414 e. The van der Waals surface area contributed by atoms with E-state index in [1.807, 2.05) is 6.07 Å². The third kappa shape index (κ3) is 4.44. The van der Waals surface area contributed by atoms with Crippen molar-refractivity contribution in [2.75, 3.05) is 6.54 Å². The normalized spacial score (nSPS) is 9.74. The largest absolute Gasteiger partial charge is 0.473 e. The van der Waals surface area contributed by atoms with Gasteiger partial charge in [0.25, 0.3) is 0 Å². The highest BCUT2D eigenvalue weighted by Crippen LogP contribution is 2.18. The van der Waals surface area contributed by atoms with Crippen molar-refractivity contribution in [3.63, 3.8) is 0 Å². The molecule has 0 unspecified atom stereocenters. The van der Waals surface area contributed by atoms with Gasteiger partial charge in [-0.2, -0.15) is 0 Å². The molecule has 0 saturated carbocycles. The Morgan fingerprint density at radius 2 is 1.79 bits per heavy atom. The molecule has 2 aromatic rings. The molecule has 2 rings (SSSR count). The second-order valence-electron chi connectivity index (χ2n) is 3.86. The number of carboxylic acids is 2. The van der Waals surface area contributed by atoms with Gasteiger partial charge in [-0.15, -0.1) is 0 Å². The summed E-state index contributed by atoms with van der Waals surface area (Å²) in [6, 6.07) is 8.37. The first-order chi connectivity index (χ1) is 9.06. The zero-order valence-electron chi connectivity index (χ0n) is 10.3. The standard InChI is InChI=1S/C11H14N2.C2H2O4/c12-7-3-4-9-8-13-11-6-2-1-5-10(9)11;3-1(4)2(5)6/h1-2,5-6,8,13H,3-4,7,12H2;(H,3,4)(H,5,6). The van der Waals surface area contributed by atoms with E-state index >= 15 is 0 Å². The van der Waals surface area contributed by atoms with Gasteiger partial charge >= 0.3 is 11.9 Å². The summed E-state index contributed by atoms with van der Waals surface area (Å²) in [5.74, 6) is -3.65. The van der Waals surface area contributed by atoms with Crippen LogP contribution in [0.5, 0.6) is 0 Å². The van der Waals surface area contributed by atoms with Crippen LogP contribution in [0.1, 0.15) is 12.0 Å². The van der Waals surface area contributed by atoms with Crippen LogP contribution >= 0.6 is 0 Å². The number of carboxylic acid groups (broad SMARTS) is 2. The van der Waals surface area contributed by atoms with Crippen LogP contribution in [-0.4, -0.2) is 33.7 Å². The highest BCUT2D eigenvalue weighted by Gasteiger charge is 2.04. The first-order valence-corrected chi connectivity index (χ1v) is 5.77. The van der Waals surface area contributed by atoms with Crippen molar-refractivity contribution in [3.8, 4) is 0 Å². The third-order valence-electron chi connectivity index (χ3n) is 2.51. The number of H-pyrrole nitrogens is 1. The first-order valence-electron chi connectivity index (χ1n) is 5.77. The Balaban J connectivity index is 0.000000258. The second-order valence-corrected chi connectivity index (χ2v) is 3.86. The number of carbonyl (C=O) groups is 2. The minimum Gasteiger partial charge on any atom is -0.473 e. The lowest BCUT2D eigenvalue weighted by molar-refractivity contribution is -0.159. The predicted octanol–water partition coefficient (Wildman–Crippen LogP) is 1.21. The van der Waals surface area contributed by atoms with Crippen molar-refractivity contribution in [1.82, 2.24) is 4.98 Å². The van der Waals surface area contributed by atoms with Crippen molar-refractivity contribution in [2.24, 2.45) is 5.73 Å². The molecule has 19 heavy (non-hydrogen) atoms. The molecule has 0 atom stereocenters. The van der Waals surface area contributed by atoms with Crippen LogP contribution in [-0.2, 0) is 16.0 Å². The molecule has 0 aliphatic rings. The average molecular weight is 264 g/mol. The zero-order valence-corrected chi connectivity index (χ0v) is 10.3. The lowest BCUT2D eigenvalue weighted by Gasteiger charge is -1.96. The van der Waals surface area contributed by atoms with Crippen LogP contribution in [0.15, 0.2) is 30.5 Å². The van der Waals surface area contributed by atoms with Gasteiger partial charge in [0.05, 0.1) is 0 Å². The SMILES string of the molecule is NCCCc1c[nH]c2ccccc12.O=C(O)C(=O)O. The van der Waals surface area contributed by atoms with Crippen LogP contribution in [0.3, 0.4) is 0 Å². The number of para-hydroxylation sites is 1. The maximum atomic E-state index is 9.10. The Bertz CT molecular complexity index is 551. The van der Waals surface area contributed by atoms with Crippen molar-refractivity contribution in [2.45, 2.75) is 12.8 Å². The molecule has 0 saturated heterocycles. The number of rotatable bonds is 3. The number of aromatic amines is 1. The van der Waals surface area contributed by atoms with Crippen molar-refractivity contribution < 1.29 is 19.8 Å². The number of aliphatic carboxylic acids is 2. The molecule has 5 N–H and O–H groups in total. The fourth-order valence-electron chi connectivity index (χ4n) is 1.63. The molecular weight excluding hydrogens is 248 g/mol. The van der Waals surface area contributed by atoms with E-state index in [1.165, 1.54) is 16.5 Å². The van der Waals surface area contributed by atoms with Crippen LogP contribution < -0.4 is 5.73 Å². The molecule has 1 aromatic carbocycles. The van der Waals surface area contributed by atoms with E-state index in [-0.39, 0.29) is 0 Å². The summed E-state index contributed by atoms with van der Waals surface area (Å²) >= 11 is 0. The van der Waals surface area contributed by atoms with E-state index in [4.69, 9.17) is 25.5 Å². The molecular formula is C13H16N2O4. The summed E-state index contributed by atoms with van der Waals surface area (Å²) in [6.45, 7) is 0.763. The van der Waals surface area contributed by atoms with E-state index in [9.17, 15) is 0 Å². The highest BCUT2D eigenvalue weighted by molar-refractivity contribution is 6.27. The molecule has 0 radical (unpaired) electrons. The average Bonchev–Trinajstić information content (AvgIpc) is 2.80. The Morgan fingerprint density at radius 3 is 2.37 bits per heavy atom. The molecule has 0 aliphatic carbocycles. The first kappa shape index (κ1) is 14.7. The van der Waals surface area contributed by atoms with Crippen LogP contribution in [0, 0.1) is 0 Å². The number of fused-ring (bicyclic) bond motifs is 1. The molecule has 6 nitrogen and oxygen atoms in total. The molecule has 6 heteroatoms. The van der Waals surface area contributed by atoms with Crippen molar-refractivity contribution in [3.05, 3.63) is 36.0 Å². The van der Waals surface area contributed by atoms with E-state index in [1.54, 1.807) is 0 Å². The molecule has 1 heterocycles. The summed E-state index contributed by atoms with van der Waals surface area (Å²) in [7, 11) is 0. The molecule has 0 fully saturated rings. The summed E-state index contributed by atoms with van der Waals surface area (Å²) < 4.78 is 0. The van der Waals surface area contributed by atoms with Gasteiger partial charge in [-0.25, -0.2) is 9.59 Å². The van der Waals surface area contributed by atoms with E-state index in [0.717, 1.165) is 19.4 Å². The fraction of sp³-hybridized carbons (Fsp3) is 0.231. The van der Waals surface area contributed by atoms with E-state index in [2.05, 4.69) is 29.4 Å². The van der Waals surface area contributed by atoms with Crippen LogP contribution in [0.4, 0.5) is 0 Å². The molecule has 0 bridgehead atoms. The minimum atomic E-state index is -1.82. The lowest BCUT2D eigenvalue weighted by atomic mass is 10.1. The monoisotopic (exact) mass is 264 g/mol. The van der Waals surface area contributed by atoms with Gasteiger partial charge in [-0.05, 0) is 31.0 Å². The Morgan fingerprint density at radius 1 is 1.16 bits per heavy atom. The van der Waals surface area contributed by atoms with Gasteiger partial charge in [0.15, 0.2) is 0 Å². The molecule has 0 spiro atoms. The predicted molar refractivity (Wildman–Crippen MR) is 70.9 cm³/mol. The van der Waals surface area contributed by atoms with E-state index < -0.39 is 11.9 Å². The van der Waals surface area contributed by atoms with Gasteiger partial charge in [-0.3, -0.25) is 0 Å². The van der Waals surface area contributed by atoms with Gasteiger partial charge in [0, 0.05) is 17.1 Å². The number of nitrogens with one attached hydrogen (secondary N) is 1. The van der Waals surface area contributed by atoms with Crippen LogP contribution in [0.25, 0.3) is 10.9 Å². The molecule has 102 valence electrons. The molecule has 0 amide bonds. The summed E-state index contributed by atoms with van der Waals surface area (Å²) in [5.41, 5.74) is 8.07. The minimum absolute atomic E-state index is 0.763. The maximum Gasteiger partial charge on any atom is 0.414 e. The quantitative estimate of drug-likeness (QED) is 0.622. The zero-order chi connectivity index (χ0) is 14.3. The lowest BCUT2D eigenvalue weighted by Crippen LogP contribution is -2.09.